The molecule has 1 atom stereocenters. The van der Waals surface area contributed by atoms with E-state index in [1.54, 1.807) is 6.07 Å². The molecule has 150 valence electrons. The number of ether oxygens (including phenoxy) is 1. The van der Waals surface area contributed by atoms with Crippen LogP contribution in [0.4, 0.5) is 13.2 Å². The van der Waals surface area contributed by atoms with Crippen molar-refractivity contribution in [2.24, 2.45) is 0 Å². The molecule has 0 spiro atoms. The molecule has 28 heavy (non-hydrogen) atoms. The standard InChI is InChI=1S/C18H16BrClF3N3OS/c1-28-16-10-5-11(20)12(19)13(21)14(10)24-17(25-16)27-8-18-3-2-4-26(18)7-9(6-18)15(22)23/h5H,2-4,6-8H2,1H3/t18-/m1/s1. The minimum Gasteiger partial charge on any atom is -0.461 e. The van der Waals surface area contributed by atoms with Crippen LogP contribution < -0.4 is 4.74 Å². The largest absolute Gasteiger partial charge is 0.461 e. The molecule has 0 unspecified atom stereocenters. The summed E-state index contributed by atoms with van der Waals surface area (Å²) in [4.78, 5) is 10.6. The van der Waals surface area contributed by atoms with Gasteiger partial charge < -0.3 is 4.74 Å². The zero-order valence-electron chi connectivity index (χ0n) is 14.9. The molecule has 1 aromatic heterocycles. The van der Waals surface area contributed by atoms with Gasteiger partial charge in [0.1, 0.15) is 17.1 Å². The van der Waals surface area contributed by atoms with Crippen LogP contribution in [0.25, 0.3) is 10.9 Å². The maximum atomic E-state index is 14.7. The third-order valence-electron chi connectivity index (χ3n) is 5.37. The van der Waals surface area contributed by atoms with Gasteiger partial charge in [0.05, 0.1) is 15.0 Å². The first kappa shape index (κ1) is 20.3. The Balaban J connectivity index is 1.66. The number of benzene rings is 1. The Labute approximate surface area is 177 Å². The number of thioether (sulfide) groups is 1. The Bertz CT molecular complexity index is 988. The average molecular weight is 495 g/mol. The molecule has 0 N–H and O–H groups in total. The van der Waals surface area contributed by atoms with Gasteiger partial charge in [-0.05, 0) is 54.1 Å². The van der Waals surface area contributed by atoms with Crippen LogP contribution >= 0.6 is 39.3 Å². The monoisotopic (exact) mass is 493 g/mol. The highest BCUT2D eigenvalue weighted by Gasteiger charge is 2.48. The van der Waals surface area contributed by atoms with E-state index in [4.69, 9.17) is 16.3 Å². The summed E-state index contributed by atoms with van der Waals surface area (Å²) >= 11 is 10.5. The van der Waals surface area contributed by atoms with Crippen LogP contribution in [0.1, 0.15) is 19.3 Å². The van der Waals surface area contributed by atoms with Crippen LogP contribution in [0, 0.1) is 5.82 Å². The average Bonchev–Trinajstić information content (AvgIpc) is 3.22. The van der Waals surface area contributed by atoms with E-state index < -0.39 is 17.4 Å². The molecule has 2 aliphatic heterocycles. The van der Waals surface area contributed by atoms with E-state index in [0.717, 1.165) is 19.4 Å². The number of hydrogen-bond donors (Lipinski definition) is 0. The second-order valence-electron chi connectivity index (χ2n) is 6.98. The van der Waals surface area contributed by atoms with Crippen molar-refractivity contribution >= 4 is 50.2 Å². The minimum absolute atomic E-state index is 0.0318. The summed E-state index contributed by atoms with van der Waals surface area (Å²) in [5.74, 6) is -0.587. The Morgan fingerprint density at radius 3 is 2.93 bits per heavy atom. The fraction of sp³-hybridized carbons (Fsp3) is 0.444. The summed E-state index contributed by atoms with van der Waals surface area (Å²) in [5.41, 5.74) is -0.208. The number of nitrogens with zero attached hydrogens (tertiary/aromatic N) is 3. The van der Waals surface area contributed by atoms with Crippen molar-refractivity contribution in [1.82, 2.24) is 14.9 Å². The fourth-order valence-corrected chi connectivity index (χ4v) is 5.05. The fourth-order valence-electron chi connectivity index (χ4n) is 4.01. The lowest BCUT2D eigenvalue weighted by Gasteiger charge is -2.30. The summed E-state index contributed by atoms with van der Waals surface area (Å²) < 4.78 is 46.8. The summed E-state index contributed by atoms with van der Waals surface area (Å²) in [6.07, 6.45) is 2.17. The van der Waals surface area contributed by atoms with Crippen molar-refractivity contribution in [3.05, 3.63) is 33.0 Å². The lowest BCUT2D eigenvalue weighted by atomic mass is 9.94. The van der Waals surface area contributed by atoms with Crippen LogP contribution in [0.2, 0.25) is 5.02 Å². The predicted molar refractivity (Wildman–Crippen MR) is 107 cm³/mol. The zero-order chi connectivity index (χ0) is 20.1. The molecule has 0 aliphatic carbocycles. The molecular formula is C18H16BrClF3N3OS. The molecule has 0 radical (unpaired) electrons. The number of fused-ring (bicyclic) bond motifs is 2. The summed E-state index contributed by atoms with van der Waals surface area (Å²) in [7, 11) is 0. The highest BCUT2D eigenvalue weighted by atomic mass is 79.9. The van der Waals surface area contributed by atoms with Crippen LogP contribution in [0.3, 0.4) is 0 Å². The van der Waals surface area contributed by atoms with Crippen LogP contribution in [0.15, 0.2) is 27.2 Å². The first-order valence-electron chi connectivity index (χ1n) is 8.65. The number of aromatic nitrogens is 2. The maximum absolute atomic E-state index is 14.7. The van der Waals surface area contributed by atoms with Gasteiger partial charge in [-0.25, -0.2) is 4.39 Å². The molecule has 2 aliphatic rings. The van der Waals surface area contributed by atoms with Crippen molar-refractivity contribution in [2.75, 3.05) is 26.0 Å². The highest BCUT2D eigenvalue weighted by Crippen LogP contribution is 2.43. The smallest absolute Gasteiger partial charge is 0.318 e. The van der Waals surface area contributed by atoms with Crippen molar-refractivity contribution in [3.8, 4) is 6.01 Å². The molecule has 0 amide bonds. The normalized spacial score (nSPS) is 22.1. The lowest BCUT2D eigenvalue weighted by molar-refractivity contribution is 0.107. The van der Waals surface area contributed by atoms with E-state index in [1.165, 1.54) is 11.8 Å². The van der Waals surface area contributed by atoms with E-state index in [1.807, 2.05) is 11.2 Å². The summed E-state index contributed by atoms with van der Waals surface area (Å²) in [6, 6.07) is 1.64. The van der Waals surface area contributed by atoms with E-state index in [2.05, 4.69) is 25.9 Å². The van der Waals surface area contributed by atoms with Gasteiger partial charge in [-0.1, -0.05) is 11.6 Å². The van der Waals surface area contributed by atoms with Crippen LogP contribution in [-0.4, -0.2) is 46.4 Å². The Morgan fingerprint density at radius 2 is 2.21 bits per heavy atom. The maximum Gasteiger partial charge on any atom is 0.318 e. The van der Waals surface area contributed by atoms with E-state index in [-0.39, 0.29) is 46.2 Å². The van der Waals surface area contributed by atoms with E-state index in [0.29, 0.717) is 10.4 Å². The zero-order valence-corrected chi connectivity index (χ0v) is 18.0. The second kappa shape index (κ2) is 7.66. The highest BCUT2D eigenvalue weighted by molar-refractivity contribution is 9.10. The molecule has 2 aromatic rings. The molecule has 4 rings (SSSR count). The van der Waals surface area contributed by atoms with Gasteiger partial charge >= 0.3 is 6.01 Å². The Morgan fingerprint density at radius 1 is 1.43 bits per heavy atom. The Hall–Kier alpha value is -1.03. The van der Waals surface area contributed by atoms with Crippen LogP contribution in [0.5, 0.6) is 6.01 Å². The molecule has 1 aromatic carbocycles. The van der Waals surface area contributed by atoms with Gasteiger partial charge in [-0.15, -0.1) is 11.8 Å². The number of rotatable bonds is 4. The SMILES string of the molecule is CSc1nc(OC[C@]23CCCN2CC(=C(F)F)C3)nc2c(F)c(Br)c(Cl)cc12. The third-order valence-corrected chi connectivity index (χ3v) is 7.37. The quantitative estimate of drug-likeness (QED) is 0.311. The van der Waals surface area contributed by atoms with E-state index in [9.17, 15) is 13.2 Å². The third kappa shape index (κ3) is 3.40. The lowest BCUT2D eigenvalue weighted by Crippen LogP contribution is -2.43. The summed E-state index contributed by atoms with van der Waals surface area (Å²) in [6.45, 7) is 1.20. The van der Waals surface area contributed by atoms with Gasteiger partial charge in [0.25, 0.3) is 6.08 Å². The van der Waals surface area contributed by atoms with Gasteiger partial charge in [-0.3, -0.25) is 4.90 Å². The number of hydrogen-bond acceptors (Lipinski definition) is 5. The first-order valence-corrected chi connectivity index (χ1v) is 11.0. The number of halogens is 5. The van der Waals surface area contributed by atoms with Crippen molar-refractivity contribution in [2.45, 2.75) is 29.8 Å². The molecule has 4 nitrogen and oxygen atoms in total. The van der Waals surface area contributed by atoms with E-state index >= 15 is 0 Å². The predicted octanol–water partition coefficient (Wildman–Crippen LogP) is 5.67. The molecule has 0 saturated carbocycles. The molecular weight excluding hydrogens is 479 g/mol. The molecule has 10 heteroatoms. The molecule has 0 bridgehead atoms. The van der Waals surface area contributed by atoms with Crippen molar-refractivity contribution < 1.29 is 17.9 Å². The second-order valence-corrected chi connectivity index (χ2v) is 8.97. The van der Waals surface area contributed by atoms with Crippen LogP contribution in [-0.2, 0) is 0 Å². The first-order chi connectivity index (χ1) is 13.3. The molecule has 3 heterocycles. The topological polar surface area (TPSA) is 38.2 Å². The minimum atomic E-state index is -1.61. The summed E-state index contributed by atoms with van der Waals surface area (Å²) in [5, 5.41) is 1.27. The molecule has 2 fully saturated rings. The van der Waals surface area contributed by atoms with Crippen molar-refractivity contribution in [3.63, 3.8) is 0 Å². The molecule has 2 saturated heterocycles. The van der Waals surface area contributed by atoms with Gasteiger partial charge in [0, 0.05) is 17.5 Å². The van der Waals surface area contributed by atoms with Gasteiger partial charge in [-0.2, -0.15) is 18.7 Å². The Kier molecular flexibility index (Phi) is 5.54. The van der Waals surface area contributed by atoms with Gasteiger partial charge in [0.15, 0.2) is 5.82 Å². The van der Waals surface area contributed by atoms with Gasteiger partial charge in [0.2, 0.25) is 0 Å². The van der Waals surface area contributed by atoms with Crippen molar-refractivity contribution in [1.29, 1.82) is 0 Å².